The topological polar surface area (TPSA) is 53.9 Å². The Balaban J connectivity index is 1.55. The van der Waals surface area contributed by atoms with E-state index in [2.05, 4.69) is 31.1 Å². The van der Waals surface area contributed by atoms with Crippen LogP contribution in [0, 0.1) is 0 Å². The number of carbonyl (C=O) groups excluding carboxylic acids is 1. The second-order valence-corrected chi connectivity index (χ2v) is 8.98. The summed E-state index contributed by atoms with van der Waals surface area (Å²) in [6.07, 6.45) is -15.4. The van der Waals surface area contributed by atoms with Gasteiger partial charge in [-0.1, -0.05) is 58.4 Å². The van der Waals surface area contributed by atoms with Crippen LogP contribution in [0.15, 0.2) is 88.4 Å². The van der Waals surface area contributed by atoms with E-state index in [4.69, 9.17) is 0 Å². The molecular weight excluding hydrogens is 568 g/mol. The Morgan fingerprint density at radius 3 is 2.19 bits per heavy atom. The minimum absolute atomic E-state index is 0.101. The van der Waals surface area contributed by atoms with Crippen molar-refractivity contribution in [2.45, 2.75) is 24.4 Å². The quantitative estimate of drug-likeness (QED) is 0.307. The fraction of sp³-hybridized carbons (Fsp3) is 0.200. The van der Waals surface area contributed by atoms with E-state index in [0.717, 1.165) is 16.6 Å². The first-order valence-corrected chi connectivity index (χ1v) is 11.6. The fourth-order valence-electron chi connectivity index (χ4n) is 3.65. The number of anilines is 1. The molecule has 0 spiro atoms. The van der Waals surface area contributed by atoms with E-state index in [1.165, 1.54) is 17.1 Å². The van der Waals surface area contributed by atoms with Crippen molar-refractivity contribution in [2.24, 2.45) is 5.10 Å². The molecule has 5 nitrogen and oxygen atoms in total. The van der Waals surface area contributed by atoms with Gasteiger partial charge in [-0.15, -0.1) is 0 Å². The molecule has 0 saturated carbocycles. The van der Waals surface area contributed by atoms with E-state index in [0.29, 0.717) is 22.5 Å². The SMILES string of the molecule is O=C(Nc1ccc(Br)cc1)N1CC(c2ccc(OC(F)(F)C(F)C(F)(F)F)cc2)C(c2ccccc2)=N1. The van der Waals surface area contributed by atoms with Gasteiger partial charge in [-0.05, 0) is 47.5 Å². The molecule has 2 amide bonds. The van der Waals surface area contributed by atoms with Crippen LogP contribution in [-0.4, -0.2) is 41.8 Å². The van der Waals surface area contributed by atoms with Crippen molar-refractivity contribution < 1.29 is 35.9 Å². The third-order valence-corrected chi connectivity index (χ3v) is 5.96. The average Bonchev–Trinajstić information content (AvgIpc) is 3.31. The zero-order valence-electron chi connectivity index (χ0n) is 18.7. The van der Waals surface area contributed by atoms with Gasteiger partial charge in [0.25, 0.3) is 6.17 Å². The molecule has 0 saturated heterocycles. The molecule has 2 unspecified atom stereocenters. The van der Waals surface area contributed by atoms with Crippen LogP contribution in [0.1, 0.15) is 17.0 Å². The van der Waals surface area contributed by atoms with E-state index in [1.807, 2.05) is 0 Å². The first-order valence-electron chi connectivity index (χ1n) is 10.8. The maximum Gasteiger partial charge on any atom is 0.439 e. The molecule has 0 aromatic heterocycles. The smallest absolute Gasteiger partial charge is 0.430 e. The first-order chi connectivity index (χ1) is 17.4. The van der Waals surface area contributed by atoms with Crippen LogP contribution in [-0.2, 0) is 0 Å². The van der Waals surface area contributed by atoms with E-state index < -0.39 is 36.2 Å². The Morgan fingerprint density at radius 2 is 1.59 bits per heavy atom. The first kappa shape index (κ1) is 26.5. The van der Waals surface area contributed by atoms with Gasteiger partial charge in [0.2, 0.25) is 0 Å². The number of hydrazone groups is 1. The molecule has 37 heavy (non-hydrogen) atoms. The van der Waals surface area contributed by atoms with Crippen molar-refractivity contribution in [3.05, 3.63) is 94.5 Å². The molecule has 0 radical (unpaired) electrons. The molecule has 0 aliphatic carbocycles. The van der Waals surface area contributed by atoms with E-state index in [-0.39, 0.29) is 6.54 Å². The average molecular weight is 586 g/mol. The monoisotopic (exact) mass is 585 g/mol. The lowest BCUT2D eigenvalue weighted by atomic mass is 9.90. The standard InChI is InChI=1S/C25H18BrF6N3O2/c26-17-8-10-18(11-9-17)33-23(36)35-14-20(21(34-35)16-4-2-1-3-5-16)15-6-12-19(13-7-15)37-25(31,32)22(27)24(28,29)30/h1-13,20,22H,14H2,(H,33,36). The molecule has 2 atom stereocenters. The van der Waals surface area contributed by atoms with Crippen LogP contribution in [0.2, 0.25) is 0 Å². The molecule has 1 heterocycles. The molecular formula is C25H18BrF6N3O2. The Kier molecular flexibility index (Phi) is 7.49. The summed E-state index contributed by atoms with van der Waals surface area (Å²) in [4.78, 5) is 12.9. The van der Waals surface area contributed by atoms with Gasteiger partial charge in [0.05, 0.1) is 12.3 Å². The van der Waals surface area contributed by atoms with Crippen LogP contribution >= 0.6 is 15.9 Å². The lowest BCUT2D eigenvalue weighted by Crippen LogP contribution is -2.45. The minimum atomic E-state index is -5.78. The van der Waals surface area contributed by atoms with Crippen molar-refractivity contribution in [1.82, 2.24) is 5.01 Å². The number of nitrogens with one attached hydrogen (secondary N) is 1. The zero-order chi connectivity index (χ0) is 26.8. The summed E-state index contributed by atoms with van der Waals surface area (Å²) in [6.45, 7) is 0.101. The Morgan fingerprint density at radius 1 is 0.973 bits per heavy atom. The second kappa shape index (κ2) is 10.4. The lowest BCUT2D eigenvalue weighted by molar-refractivity contribution is -0.304. The number of nitrogens with zero attached hydrogens (tertiary/aromatic N) is 2. The van der Waals surface area contributed by atoms with Gasteiger partial charge in [0.1, 0.15) is 5.75 Å². The lowest BCUT2D eigenvalue weighted by Gasteiger charge is -2.23. The zero-order valence-corrected chi connectivity index (χ0v) is 20.3. The number of hydrogen-bond acceptors (Lipinski definition) is 3. The summed E-state index contributed by atoms with van der Waals surface area (Å²) in [5.41, 5.74) is 2.31. The number of carbonyl (C=O) groups is 1. The molecule has 4 rings (SSSR count). The van der Waals surface area contributed by atoms with Gasteiger partial charge in [-0.2, -0.15) is 27.1 Å². The summed E-state index contributed by atoms with van der Waals surface area (Å²) in [5, 5.41) is 8.43. The maximum absolute atomic E-state index is 13.6. The number of halogens is 7. The number of hydrogen-bond donors (Lipinski definition) is 1. The number of ether oxygens (including phenoxy) is 1. The van der Waals surface area contributed by atoms with Gasteiger partial charge >= 0.3 is 18.3 Å². The van der Waals surface area contributed by atoms with Crippen molar-refractivity contribution in [3.8, 4) is 5.75 Å². The highest BCUT2D eigenvalue weighted by atomic mass is 79.9. The molecule has 1 N–H and O–H groups in total. The van der Waals surface area contributed by atoms with E-state index >= 15 is 0 Å². The fourth-order valence-corrected chi connectivity index (χ4v) is 3.91. The highest BCUT2D eigenvalue weighted by molar-refractivity contribution is 9.10. The summed E-state index contributed by atoms with van der Waals surface area (Å²) >= 11 is 3.32. The Labute approximate surface area is 215 Å². The predicted octanol–water partition coefficient (Wildman–Crippen LogP) is 7.36. The third kappa shape index (κ3) is 6.24. The summed E-state index contributed by atoms with van der Waals surface area (Å²) in [5.74, 6) is -1.14. The summed E-state index contributed by atoms with van der Waals surface area (Å²) in [6, 6.07) is 20.1. The van der Waals surface area contributed by atoms with Crippen molar-refractivity contribution in [1.29, 1.82) is 0 Å². The summed E-state index contributed by atoms with van der Waals surface area (Å²) in [7, 11) is 0. The highest BCUT2D eigenvalue weighted by Crippen LogP contribution is 2.37. The largest absolute Gasteiger partial charge is 0.439 e. The van der Waals surface area contributed by atoms with Gasteiger partial charge in [-0.25, -0.2) is 14.2 Å². The number of amides is 2. The predicted molar refractivity (Wildman–Crippen MR) is 129 cm³/mol. The normalized spacial score (nSPS) is 16.8. The van der Waals surface area contributed by atoms with Crippen LogP contribution in [0.25, 0.3) is 0 Å². The van der Waals surface area contributed by atoms with Crippen molar-refractivity contribution in [3.63, 3.8) is 0 Å². The number of benzene rings is 3. The van der Waals surface area contributed by atoms with Gasteiger partial charge < -0.3 is 10.1 Å². The van der Waals surface area contributed by atoms with Crippen molar-refractivity contribution in [2.75, 3.05) is 11.9 Å². The Hall–Kier alpha value is -3.54. The van der Waals surface area contributed by atoms with E-state index in [1.54, 1.807) is 54.6 Å². The minimum Gasteiger partial charge on any atom is -0.430 e. The van der Waals surface area contributed by atoms with Gasteiger partial charge in [0, 0.05) is 16.1 Å². The summed E-state index contributed by atoms with van der Waals surface area (Å²) < 4.78 is 82.5. The molecule has 1 aliphatic rings. The van der Waals surface area contributed by atoms with Gasteiger partial charge in [-0.3, -0.25) is 0 Å². The molecule has 0 bridgehead atoms. The molecule has 3 aromatic rings. The van der Waals surface area contributed by atoms with Crippen LogP contribution < -0.4 is 10.1 Å². The van der Waals surface area contributed by atoms with Gasteiger partial charge in [0.15, 0.2) is 0 Å². The number of rotatable bonds is 6. The number of urea groups is 1. The molecule has 1 aliphatic heterocycles. The highest BCUT2D eigenvalue weighted by Gasteiger charge is 2.59. The molecule has 0 fully saturated rings. The molecule has 3 aromatic carbocycles. The van der Waals surface area contributed by atoms with Crippen LogP contribution in [0.5, 0.6) is 5.75 Å². The van der Waals surface area contributed by atoms with Crippen LogP contribution in [0.3, 0.4) is 0 Å². The van der Waals surface area contributed by atoms with E-state index in [9.17, 15) is 31.1 Å². The van der Waals surface area contributed by atoms with Crippen LogP contribution in [0.4, 0.5) is 36.8 Å². The maximum atomic E-state index is 13.6. The number of alkyl halides is 6. The molecule has 12 heteroatoms. The third-order valence-electron chi connectivity index (χ3n) is 5.43. The Bertz CT molecular complexity index is 1270. The van der Waals surface area contributed by atoms with Crippen molar-refractivity contribution >= 4 is 33.4 Å². The second-order valence-electron chi connectivity index (χ2n) is 8.06. The molecule has 194 valence electrons.